The number of carbonyl (C=O) groups excluding carboxylic acids is 1. The zero-order valence-corrected chi connectivity index (χ0v) is 11.7. The number of hydrogen-bond donors (Lipinski definition) is 1. The molecule has 1 saturated carbocycles. The van der Waals surface area contributed by atoms with Gasteiger partial charge in [-0.2, -0.15) is 0 Å². The lowest BCUT2D eigenvalue weighted by molar-refractivity contribution is -0.117. The Kier molecular flexibility index (Phi) is 5.20. The Labute approximate surface area is 115 Å². The van der Waals surface area contributed by atoms with Crippen molar-refractivity contribution in [1.29, 1.82) is 0 Å². The van der Waals surface area contributed by atoms with E-state index in [2.05, 4.69) is 24.4 Å². The van der Waals surface area contributed by atoms with Gasteiger partial charge in [-0.3, -0.25) is 4.79 Å². The van der Waals surface area contributed by atoms with E-state index < -0.39 is 0 Å². The van der Waals surface area contributed by atoms with E-state index >= 15 is 0 Å². The van der Waals surface area contributed by atoms with Crippen molar-refractivity contribution in [2.24, 2.45) is 0 Å². The van der Waals surface area contributed by atoms with E-state index in [-0.39, 0.29) is 5.91 Å². The quantitative estimate of drug-likeness (QED) is 0.647. The van der Waals surface area contributed by atoms with Crippen LogP contribution in [0.2, 0.25) is 0 Å². The average molecular weight is 257 g/mol. The lowest BCUT2D eigenvalue weighted by Crippen LogP contribution is -2.33. The molecule has 0 bridgehead atoms. The van der Waals surface area contributed by atoms with Crippen LogP contribution < -0.4 is 5.32 Å². The van der Waals surface area contributed by atoms with Crippen LogP contribution in [0.15, 0.2) is 30.3 Å². The van der Waals surface area contributed by atoms with E-state index in [1.165, 1.54) is 31.2 Å². The highest BCUT2D eigenvalue weighted by molar-refractivity contribution is 5.91. The van der Waals surface area contributed by atoms with Gasteiger partial charge in [-0.15, -0.1) is 0 Å². The SMILES string of the molecule is Cc1ccc(C=CC(=O)NC2CCCCCC2)cc1. The largest absolute Gasteiger partial charge is 0.350 e. The van der Waals surface area contributed by atoms with Gasteiger partial charge in [-0.25, -0.2) is 0 Å². The molecule has 1 aromatic rings. The zero-order valence-electron chi connectivity index (χ0n) is 11.7. The number of hydrogen-bond acceptors (Lipinski definition) is 1. The molecular formula is C17H23NO. The average Bonchev–Trinajstić information content (AvgIpc) is 2.67. The van der Waals surface area contributed by atoms with E-state index in [0.717, 1.165) is 18.4 Å². The van der Waals surface area contributed by atoms with Crippen molar-refractivity contribution < 1.29 is 4.79 Å². The molecule has 0 aliphatic heterocycles. The summed E-state index contributed by atoms with van der Waals surface area (Å²) in [7, 11) is 0. The third-order valence-corrected chi connectivity index (χ3v) is 3.71. The van der Waals surface area contributed by atoms with Crippen molar-refractivity contribution >= 4 is 12.0 Å². The monoisotopic (exact) mass is 257 g/mol. The molecule has 1 aliphatic carbocycles. The highest BCUT2D eigenvalue weighted by atomic mass is 16.1. The van der Waals surface area contributed by atoms with Crippen molar-refractivity contribution in [2.75, 3.05) is 0 Å². The molecule has 0 atom stereocenters. The zero-order chi connectivity index (χ0) is 13.5. The first-order chi connectivity index (χ1) is 9.24. The Balaban J connectivity index is 1.84. The number of benzene rings is 1. The van der Waals surface area contributed by atoms with Crippen LogP contribution in [-0.4, -0.2) is 11.9 Å². The van der Waals surface area contributed by atoms with E-state index in [4.69, 9.17) is 0 Å². The van der Waals surface area contributed by atoms with E-state index in [1.54, 1.807) is 6.08 Å². The normalized spacial score (nSPS) is 17.3. The van der Waals surface area contributed by atoms with Gasteiger partial charge in [0, 0.05) is 12.1 Å². The Morgan fingerprint density at radius 1 is 1.11 bits per heavy atom. The summed E-state index contributed by atoms with van der Waals surface area (Å²) in [5.74, 6) is 0.0347. The molecule has 0 heterocycles. The topological polar surface area (TPSA) is 29.1 Å². The van der Waals surface area contributed by atoms with Crippen LogP contribution in [-0.2, 0) is 4.79 Å². The van der Waals surface area contributed by atoms with Crippen LogP contribution in [0.5, 0.6) is 0 Å². The smallest absolute Gasteiger partial charge is 0.244 e. The molecule has 2 nitrogen and oxygen atoms in total. The molecule has 0 unspecified atom stereocenters. The molecule has 1 aromatic carbocycles. The van der Waals surface area contributed by atoms with Crippen molar-refractivity contribution in [3.63, 3.8) is 0 Å². The van der Waals surface area contributed by atoms with Crippen molar-refractivity contribution in [3.05, 3.63) is 41.5 Å². The van der Waals surface area contributed by atoms with Gasteiger partial charge in [0.15, 0.2) is 0 Å². The number of aryl methyl sites for hydroxylation is 1. The minimum atomic E-state index is 0.0347. The van der Waals surface area contributed by atoms with Gasteiger partial charge < -0.3 is 5.32 Å². The lowest BCUT2D eigenvalue weighted by Gasteiger charge is -2.14. The van der Waals surface area contributed by atoms with Crippen LogP contribution in [0.3, 0.4) is 0 Å². The maximum absolute atomic E-state index is 11.9. The number of amides is 1. The maximum atomic E-state index is 11.9. The predicted molar refractivity (Wildman–Crippen MR) is 79.8 cm³/mol. The third-order valence-electron chi connectivity index (χ3n) is 3.71. The van der Waals surface area contributed by atoms with Crippen molar-refractivity contribution in [3.8, 4) is 0 Å². The highest BCUT2D eigenvalue weighted by Gasteiger charge is 2.12. The Bertz CT molecular complexity index is 425. The summed E-state index contributed by atoms with van der Waals surface area (Å²) >= 11 is 0. The van der Waals surface area contributed by atoms with Crippen LogP contribution in [0.1, 0.15) is 49.7 Å². The molecule has 1 N–H and O–H groups in total. The highest BCUT2D eigenvalue weighted by Crippen LogP contribution is 2.17. The van der Waals surface area contributed by atoms with E-state index in [1.807, 2.05) is 18.2 Å². The van der Waals surface area contributed by atoms with Gasteiger partial charge in [0.1, 0.15) is 0 Å². The first-order valence-corrected chi connectivity index (χ1v) is 7.29. The fourth-order valence-electron chi connectivity index (χ4n) is 2.52. The fourth-order valence-corrected chi connectivity index (χ4v) is 2.52. The number of nitrogens with one attached hydrogen (secondary N) is 1. The summed E-state index contributed by atoms with van der Waals surface area (Å²) in [6, 6.07) is 8.55. The molecule has 0 radical (unpaired) electrons. The second-order valence-electron chi connectivity index (χ2n) is 5.44. The molecule has 19 heavy (non-hydrogen) atoms. The van der Waals surface area contributed by atoms with Crippen LogP contribution in [0.25, 0.3) is 6.08 Å². The van der Waals surface area contributed by atoms with E-state index in [9.17, 15) is 4.79 Å². The van der Waals surface area contributed by atoms with E-state index in [0.29, 0.717) is 6.04 Å². The van der Waals surface area contributed by atoms with Gasteiger partial charge in [0.2, 0.25) is 5.91 Å². The molecule has 1 amide bonds. The summed E-state index contributed by atoms with van der Waals surface area (Å²) in [4.78, 5) is 11.9. The summed E-state index contributed by atoms with van der Waals surface area (Å²) in [5.41, 5.74) is 2.31. The van der Waals surface area contributed by atoms with Gasteiger partial charge in [0.05, 0.1) is 0 Å². The molecule has 2 heteroatoms. The first kappa shape index (κ1) is 13.9. The van der Waals surface area contributed by atoms with Gasteiger partial charge in [0.25, 0.3) is 0 Å². The molecule has 1 fully saturated rings. The summed E-state index contributed by atoms with van der Waals surface area (Å²) < 4.78 is 0. The second kappa shape index (κ2) is 7.13. The minimum absolute atomic E-state index is 0.0347. The molecule has 1 aliphatic rings. The molecule has 0 aromatic heterocycles. The van der Waals surface area contributed by atoms with Crippen LogP contribution in [0, 0.1) is 6.92 Å². The number of rotatable bonds is 3. The van der Waals surface area contributed by atoms with Crippen molar-refractivity contribution in [1.82, 2.24) is 5.32 Å². The summed E-state index contributed by atoms with van der Waals surface area (Å²) in [6.07, 6.45) is 10.9. The predicted octanol–water partition coefficient (Wildman–Crippen LogP) is 3.85. The lowest BCUT2D eigenvalue weighted by atomic mass is 10.1. The molecule has 0 spiro atoms. The van der Waals surface area contributed by atoms with Crippen LogP contribution in [0.4, 0.5) is 0 Å². The van der Waals surface area contributed by atoms with Gasteiger partial charge >= 0.3 is 0 Å². The third kappa shape index (κ3) is 4.90. The van der Waals surface area contributed by atoms with Gasteiger partial charge in [-0.1, -0.05) is 55.5 Å². The summed E-state index contributed by atoms with van der Waals surface area (Å²) in [6.45, 7) is 2.06. The maximum Gasteiger partial charge on any atom is 0.244 e. The summed E-state index contributed by atoms with van der Waals surface area (Å²) in [5, 5.41) is 3.11. The second-order valence-corrected chi connectivity index (χ2v) is 5.44. The Morgan fingerprint density at radius 3 is 2.37 bits per heavy atom. The molecule has 2 rings (SSSR count). The molecule has 0 saturated heterocycles. The Morgan fingerprint density at radius 2 is 1.74 bits per heavy atom. The minimum Gasteiger partial charge on any atom is -0.350 e. The van der Waals surface area contributed by atoms with Crippen LogP contribution >= 0.6 is 0 Å². The Hall–Kier alpha value is -1.57. The molecule has 102 valence electrons. The van der Waals surface area contributed by atoms with Gasteiger partial charge in [-0.05, 0) is 31.4 Å². The molecular weight excluding hydrogens is 234 g/mol. The number of carbonyl (C=O) groups is 1. The van der Waals surface area contributed by atoms with Crippen molar-refractivity contribution in [2.45, 2.75) is 51.5 Å². The standard InChI is InChI=1S/C17H23NO/c1-14-8-10-15(11-9-14)12-13-17(19)18-16-6-4-2-3-5-7-16/h8-13,16H,2-7H2,1H3,(H,18,19). The fraction of sp³-hybridized carbons (Fsp3) is 0.471. The first-order valence-electron chi connectivity index (χ1n) is 7.29.